The Balaban J connectivity index is 1.63. The van der Waals surface area contributed by atoms with Crippen molar-refractivity contribution in [1.82, 2.24) is 15.0 Å². The standard InChI is InChI=1S/C33H33F6N7O5/c1-2-23-15-26(29-25(5-6-27(43-29)33(37,38)39)46(23)31(49)51-9-3-4-28(47)48)45(19-21-12-20(16-40)13-22(14-21)32(34,35)36)30-41-17-24(18-42-30)44-7-10-50-11-8-44/h5-6,12-14,17-18,23,26H,2-4,7-11,15,19H2,1H3,(H,47,48)/t23-,26-/m1/s1. The minimum absolute atomic E-state index is 0.000309. The van der Waals surface area contributed by atoms with Gasteiger partial charge in [0.15, 0.2) is 0 Å². The van der Waals surface area contributed by atoms with Gasteiger partial charge in [0.25, 0.3) is 0 Å². The number of rotatable bonds is 10. The monoisotopic (exact) mass is 721 g/mol. The molecule has 5 rings (SSSR count). The van der Waals surface area contributed by atoms with Crippen molar-refractivity contribution in [2.24, 2.45) is 0 Å². The Labute approximate surface area is 288 Å². The fourth-order valence-corrected chi connectivity index (χ4v) is 6.05. The Morgan fingerprint density at radius 2 is 1.78 bits per heavy atom. The van der Waals surface area contributed by atoms with Crippen molar-refractivity contribution < 1.29 is 50.5 Å². The number of carboxylic acids is 1. The number of benzene rings is 1. The predicted octanol–water partition coefficient (Wildman–Crippen LogP) is 6.36. The molecule has 1 amide bonds. The molecule has 4 heterocycles. The predicted molar refractivity (Wildman–Crippen MR) is 169 cm³/mol. The van der Waals surface area contributed by atoms with Gasteiger partial charge in [0.2, 0.25) is 5.95 Å². The number of hydrogen-bond acceptors (Lipinski definition) is 10. The van der Waals surface area contributed by atoms with Crippen molar-refractivity contribution in [3.05, 3.63) is 70.8 Å². The number of amides is 1. The van der Waals surface area contributed by atoms with Crippen LogP contribution in [-0.2, 0) is 33.2 Å². The van der Waals surface area contributed by atoms with E-state index in [1.807, 2.05) is 4.90 Å². The molecular formula is C33H33F6N7O5. The first-order valence-corrected chi connectivity index (χ1v) is 16.0. The number of nitrogens with zero attached hydrogens (tertiary/aromatic N) is 7. The summed E-state index contributed by atoms with van der Waals surface area (Å²) in [5, 5.41) is 18.5. The molecule has 2 aliphatic heterocycles. The van der Waals surface area contributed by atoms with Gasteiger partial charge in [-0.15, -0.1) is 0 Å². The van der Waals surface area contributed by atoms with Crippen molar-refractivity contribution >= 4 is 29.4 Å². The van der Waals surface area contributed by atoms with E-state index in [0.717, 1.165) is 12.1 Å². The SMILES string of the molecule is CC[C@@H]1C[C@@H](N(Cc2cc(C#N)cc(C(F)(F)F)c2)c2ncc(N3CCOCC3)cn2)c2nc(C(F)(F)F)ccc2N1C(=O)OCCCC(=O)O. The molecule has 0 radical (unpaired) electrons. The number of nitriles is 1. The summed E-state index contributed by atoms with van der Waals surface area (Å²) in [7, 11) is 0. The molecule has 0 bridgehead atoms. The molecule has 0 spiro atoms. The van der Waals surface area contributed by atoms with Crippen LogP contribution >= 0.6 is 0 Å². The topological polar surface area (TPSA) is 145 Å². The molecule has 1 aromatic carbocycles. The highest BCUT2D eigenvalue weighted by Crippen LogP contribution is 2.44. The molecule has 2 atom stereocenters. The molecule has 2 aliphatic rings. The van der Waals surface area contributed by atoms with E-state index >= 15 is 0 Å². The fraction of sp³-hybridized carbons (Fsp3) is 0.455. The minimum atomic E-state index is -4.90. The summed E-state index contributed by atoms with van der Waals surface area (Å²) in [5.74, 6) is -1.15. The third kappa shape index (κ3) is 8.77. The lowest BCUT2D eigenvalue weighted by molar-refractivity contribution is -0.141. The lowest BCUT2D eigenvalue weighted by Crippen LogP contribution is -2.48. The Morgan fingerprint density at radius 1 is 1.08 bits per heavy atom. The van der Waals surface area contributed by atoms with Crippen LogP contribution in [0.25, 0.3) is 0 Å². The highest BCUT2D eigenvalue weighted by Gasteiger charge is 2.43. The van der Waals surface area contributed by atoms with Crippen LogP contribution in [0.1, 0.15) is 66.7 Å². The number of anilines is 3. The number of ether oxygens (including phenoxy) is 2. The highest BCUT2D eigenvalue weighted by atomic mass is 19.4. The number of carboxylic acid groups (broad SMARTS) is 1. The smallest absolute Gasteiger partial charge is 0.433 e. The third-order valence-corrected chi connectivity index (χ3v) is 8.49. The maximum Gasteiger partial charge on any atom is 0.433 e. The molecule has 272 valence electrons. The number of aliphatic carboxylic acids is 1. The third-order valence-electron chi connectivity index (χ3n) is 8.49. The van der Waals surface area contributed by atoms with Crippen molar-refractivity contribution in [1.29, 1.82) is 5.26 Å². The summed E-state index contributed by atoms with van der Waals surface area (Å²) in [6, 6.07) is 4.48. The number of pyridine rings is 1. The summed E-state index contributed by atoms with van der Waals surface area (Å²) in [4.78, 5) is 41.8. The number of fused-ring (bicyclic) bond motifs is 1. The van der Waals surface area contributed by atoms with Crippen LogP contribution < -0.4 is 14.7 Å². The van der Waals surface area contributed by atoms with E-state index in [0.29, 0.717) is 44.1 Å². The molecule has 0 saturated carbocycles. The second-order valence-corrected chi connectivity index (χ2v) is 11.9. The van der Waals surface area contributed by atoms with E-state index in [1.54, 1.807) is 13.0 Å². The van der Waals surface area contributed by atoms with E-state index in [2.05, 4.69) is 15.0 Å². The summed E-state index contributed by atoms with van der Waals surface area (Å²) in [6.07, 6.45) is -7.71. The maximum atomic E-state index is 14.1. The van der Waals surface area contributed by atoms with E-state index < -0.39 is 47.8 Å². The van der Waals surface area contributed by atoms with Crippen molar-refractivity contribution in [2.45, 2.75) is 63.6 Å². The molecule has 3 aromatic rings. The first-order chi connectivity index (χ1) is 24.2. The van der Waals surface area contributed by atoms with E-state index in [1.165, 1.54) is 28.3 Å². The maximum absolute atomic E-state index is 14.1. The first kappa shape index (κ1) is 37.1. The number of morpholine rings is 1. The first-order valence-electron chi connectivity index (χ1n) is 16.0. The van der Waals surface area contributed by atoms with Gasteiger partial charge < -0.3 is 24.4 Å². The van der Waals surface area contributed by atoms with Gasteiger partial charge in [-0.2, -0.15) is 31.6 Å². The van der Waals surface area contributed by atoms with E-state index in [4.69, 9.17) is 14.6 Å². The van der Waals surface area contributed by atoms with Gasteiger partial charge in [0, 0.05) is 32.1 Å². The molecule has 2 aromatic heterocycles. The van der Waals surface area contributed by atoms with Crippen LogP contribution in [0, 0.1) is 11.3 Å². The summed E-state index contributed by atoms with van der Waals surface area (Å²) in [5.41, 5.74) is -2.29. The Morgan fingerprint density at radius 3 is 2.39 bits per heavy atom. The quantitative estimate of drug-likeness (QED) is 0.185. The molecular weight excluding hydrogens is 688 g/mol. The molecule has 0 aliphatic carbocycles. The molecule has 18 heteroatoms. The number of carbonyl (C=O) groups excluding carboxylic acids is 1. The number of aromatic nitrogens is 3. The zero-order chi connectivity index (χ0) is 36.9. The summed E-state index contributed by atoms with van der Waals surface area (Å²) >= 11 is 0. The van der Waals surface area contributed by atoms with Gasteiger partial charge in [-0.3, -0.25) is 9.69 Å². The lowest BCUT2D eigenvalue weighted by Gasteiger charge is -2.43. The lowest BCUT2D eigenvalue weighted by atomic mass is 9.91. The van der Waals surface area contributed by atoms with Crippen LogP contribution in [0.3, 0.4) is 0 Å². The molecule has 0 unspecified atom stereocenters. The van der Waals surface area contributed by atoms with Gasteiger partial charge in [0.1, 0.15) is 5.69 Å². The van der Waals surface area contributed by atoms with Gasteiger partial charge in [-0.1, -0.05) is 6.92 Å². The van der Waals surface area contributed by atoms with Gasteiger partial charge >= 0.3 is 24.4 Å². The van der Waals surface area contributed by atoms with Gasteiger partial charge in [-0.05, 0) is 55.2 Å². The second-order valence-electron chi connectivity index (χ2n) is 11.9. The highest BCUT2D eigenvalue weighted by molar-refractivity contribution is 5.90. The Bertz CT molecular complexity index is 1760. The average molecular weight is 722 g/mol. The zero-order valence-corrected chi connectivity index (χ0v) is 27.2. The Kier molecular flexibility index (Phi) is 11.2. The van der Waals surface area contributed by atoms with Gasteiger partial charge in [0.05, 0.1) is 72.5 Å². The van der Waals surface area contributed by atoms with Crippen LogP contribution in [0.2, 0.25) is 0 Å². The largest absolute Gasteiger partial charge is 0.481 e. The van der Waals surface area contributed by atoms with Crippen molar-refractivity contribution in [3.8, 4) is 6.07 Å². The molecule has 1 fully saturated rings. The van der Waals surface area contributed by atoms with Gasteiger partial charge in [-0.25, -0.2) is 19.7 Å². The Hall–Kier alpha value is -5.18. The minimum Gasteiger partial charge on any atom is -0.481 e. The summed E-state index contributed by atoms with van der Waals surface area (Å²) in [6.45, 7) is 3.12. The molecule has 51 heavy (non-hydrogen) atoms. The average Bonchev–Trinajstić information content (AvgIpc) is 3.11. The number of carbonyl (C=O) groups is 2. The molecule has 1 saturated heterocycles. The van der Waals surface area contributed by atoms with E-state index in [9.17, 15) is 41.2 Å². The number of hydrogen-bond donors (Lipinski definition) is 1. The number of halogens is 6. The number of alkyl halides is 6. The van der Waals surface area contributed by atoms with Crippen molar-refractivity contribution in [3.63, 3.8) is 0 Å². The van der Waals surface area contributed by atoms with Crippen LogP contribution in [0.15, 0.2) is 42.7 Å². The van der Waals surface area contributed by atoms with Crippen LogP contribution in [0.4, 0.5) is 48.5 Å². The summed E-state index contributed by atoms with van der Waals surface area (Å²) < 4.78 is 94.6. The van der Waals surface area contributed by atoms with Crippen LogP contribution in [0.5, 0.6) is 0 Å². The zero-order valence-electron chi connectivity index (χ0n) is 27.2. The van der Waals surface area contributed by atoms with Crippen molar-refractivity contribution in [2.75, 3.05) is 47.6 Å². The molecule has 12 nitrogen and oxygen atoms in total. The molecule has 1 N–H and O–H groups in total. The van der Waals surface area contributed by atoms with E-state index in [-0.39, 0.29) is 67.3 Å². The van der Waals surface area contributed by atoms with Crippen LogP contribution in [-0.4, -0.2) is 71.1 Å². The normalized spacial score (nSPS) is 17.8. The fourth-order valence-electron chi connectivity index (χ4n) is 6.05. The second kappa shape index (κ2) is 15.4.